The summed E-state index contributed by atoms with van der Waals surface area (Å²) in [5, 5.41) is 9.09. The highest BCUT2D eigenvalue weighted by Gasteiger charge is 2.18. The Kier molecular flexibility index (Phi) is 6.23. The average molecular weight is 420 g/mol. The molecule has 3 heterocycles. The predicted octanol–water partition coefficient (Wildman–Crippen LogP) is 1.87. The lowest BCUT2D eigenvalue weighted by molar-refractivity contribution is -0.122. The number of anilines is 1. The van der Waals surface area contributed by atoms with E-state index >= 15 is 0 Å². The number of carbonyl (C=O) groups excluding carboxylic acids is 2. The van der Waals surface area contributed by atoms with E-state index in [1.165, 1.54) is 13.1 Å². The number of nitrogens with zero attached hydrogens (tertiary/aromatic N) is 3. The van der Waals surface area contributed by atoms with Crippen LogP contribution in [-0.2, 0) is 9.59 Å². The number of carbonyl (C=O) groups is 2. The quantitative estimate of drug-likeness (QED) is 0.433. The lowest BCUT2D eigenvalue weighted by atomic mass is 10.2. The maximum absolute atomic E-state index is 14.2. The van der Waals surface area contributed by atoms with Gasteiger partial charge in [-0.3, -0.25) is 9.59 Å². The van der Waals surface area contributed by atoms with Crippen molar-refractivity contribution >= 4 is 40.3 Å². The standard InChI is InChI=1S/C18H19ClFN7O2/c1-9(18(29)22-4-3-21-10(2)28)26-17-14(20)8-25-16(27-17)13-7-24-15-12(13)5-11(19)6-23-15/h5-9H,3-4H2,1-2H3,(H,21,28)(H,22,29)(H,23,24)(H,25,26,27)/t9-/m0/s1. The van der Waals surface area contributed by atoms with Crippen LogP contribution in [0.4, 0.5) is 10.2 Å². The van der Waals surface area contributed by atoms with Crippen molar-refractivity contribution in [1.82, 2.24) is 30.6 Å². The van der Waals surface area contributed by atoms with E-state index in [0.29, 0.717) is 28.2 Å². The molecule has 0 spiro atoms. The zero-order valence-electron chi connectivity index (χ0n) is 15.7. The number of pyridine rings is 1. The fourth-order valence-electron chi connectivity index (χ4n) is 2.61. The molecule has 0 saturated heterocycles. The van der Waals surface area contributed by atoms with E-state index in [4.69, 9.17) is 11.6 Å². The summed E-state index contributed by atoms with van der Waals surface area (Å²) in [6, 6.07) is 0.949. The van der Waals surface area contributed by atoms with E-state index < -0.39 is 11.9 Å². The van der Waals surface area contributed by atoms with Crippen molar-refractivity contribution in [3.8, 4) is 11.4 Å². The average Bonchev–Trinajstić information content (AvgIpc) is 3.09. The highest BCUT2D eigenvalue weighted by atomic mass is 35.5. The molecule has 0 unspecified atom stereocenters. The van der Waals surface area contributed by atoms with Gasteiger partial charge in [-0.05, 0) is 13.0 Å². The van der Waals surface area contributed by atoms with Crippen LogP contribution in [0, 0.1) is 5.82 Å². The number of aromatic nitrogens is 4. The number of hydrogen-bond donors (Lipinski definition) is 4. The molecule has 0 aliphatic rings. The summed E-state index contributed by atoms with van der Waals surface area (Å²) in [6.07, 6.45) is 4.20. The Balaban J connectivity index is 1.74. The predicted molar refractivity (Wildman–Crippen MR) is 107 cm³/mol. The molecule has 0 radical (unpaired) electrons. The number of aromatic amines is 1. The molecular weight excluding hydrogens is 401 g/mol. The number of nitrogens with one attached hydrogen (secondary N) is 4. The number of rotatable bonds is 7. The van der Waals surface area contributed by atoms with Crippen LogP contribution in [0.5, 0.6) is 0 Å². The van der Waals surface area contributed by atoms with Gasteiger partial charge in [0.05, 0.1) is 11.2 Å². The Morgan fingerprint density at radius 3 is 2.76 bits per heavy atom. The van der Waals surface area contributed by atoms with Gasteiger partial charge in [0.25, 0.3) is 0 Å². The minimum Gasteiger partial charge on any atom is -0.356 e. The fraction of sp³-hybridized carbons (Fsp3) is 0.278. The Hall–Kier alpha value is -3.27. The first-order valence-electron chi connectivity index (χ1n) is 8.79. The van der Waals surface area contributed by atoms with Gasteiger partial charge in [0.15, 0.2) is 17.5 Å². The van der Waals surface area contributed by atoms with Crippen LogP contribution in [0.25, 0.3) is 22.4 Å². The molecule has 0 fully saturated rings. The maximum atomic E-state index is 14.2. The van der Waals surface area contributed by atoms with Gasteiger partial charge >= 0.3 is 0 Å². The van der Waals surface area contributed by atoms with E-state index in [2.05, 4.69) is 35.9 Å². The molecule has 3 rings (SSSR count). The summed E-state index contributed by atoms with van der Waals surface area (Å²) >= 11 is 6.01. The highest BCUT2D eigenvalue weighted by Crippen LogP contribution is 2.28. The first-order valence-corrected chi connectivity index (χ1v) is 9.17. The number of H-pyrrole nitrogens is 1. The van der Waals surface area contributed by atoms with Crippen LogP contribution in [0.1, 0.15) is 13.8 Å². The second kappa shape index (κ2) is 8.82. The molecule has 4 N–H and O–H groups in total. The molecule has 152 valence electrons. The van der Waals surface area contributed by atoms with Gasteiger partial charge in [-0.25, -0.2) is 19.3 Å². The maximum Gasteiger partial charge on any atom is 0.242 e. The lowest BCUT2D eigenvalue weighted by Gasteiger charge is -2.15. The summed E-state index contributed by atoms with van der Waals surface area (Å²) in [6.45, 7) is 3.52. The van der Waals surface area contributed by atoms with E-state index in [9.17, 15) is 14.0 Å². The molecule has 2 amide bonds. The molecule has 3 aromatic rings. The van der Waals surface area contributed by atoms with Crippen molar-refractivity contribution in [2.75, 3.05) is 18.4 Å². The van der Waals surface area contributed by atoms with Crippen LogP contribution in [0.2, 0.25) is 5.02 Å². The van der Waals surface area contributed by atoms with Crippen LogP contribution >= 0.6 is 11.6 Å². The first kappa shape index (κ1) is 20.5. The van der Waals surface area contributed by atoms with E-state index in [1.807, 2.05) is 0 Å². The normalized spacial score (nSPS) is 11.9. The Morgan fingerprint density at radius 2 is 2.00 bits per heavy atom. The fourth-order valence-corrected chi connectivity index (χ4v) is 2.77. The van der Waals surface area contributed by atoms with Crippen molar-refractivity contribution < 1.29 is 14.0 Å². The summed E-state index contributed by atoms with van der Waals surface area (Å²) in [7, 11) is 0. The van der Waals surface area contributed by atoms with Gasteiger partial charge in [0.2, 0.25) is 11.8 Å². The second-order valence-corrected chi connectivity index (χ2v) is 6.72. The van der Waals surface area contributed by atoms with Crippen molar-refractivity contribution in [3.05, 3.63) is 35.5 Å². The monoisotopic (exact) mass is 419 g/mol. The van der Waals surface area contributed by atoms with Crippen molar-refractivity contribution in [1.29, 1.82) is 0 Å². The number of hydrogen-bond acceptors (Lipinski definition) is 6. The molecule has 0 aliphatic carbocycles. The molecule has 29 heavy (non-hydrogen) atoms. The summed E-state index contributed by atoms with van der Waals surface area (Å²) < 4.78 is 14.2. The third-order valence-corrected chi connectivity index (χ3v) is 4.23. The first-order chi connectivity index (χ1) is 13.8. The van der Waals surface area contributed by atoms with Crippen molar-refractivity contribution in [3.63, 3.8) is 0 Å². The number of halogens is 2. The van der Waals surface area contributed by atoms with Crippen LogP contribution in [-0.4, -0.2) is 50.9 Å². The molecule has 9 nitrogen and oxygen atoms in total. The lowest BCUT2D eigenvalue weighted by Crippen LogP contribution is -2.41. The van der Waals surface area contributed by atoms with Gasteiger partial charge in [0, 0.05) is 43.4 Å². The second-order valence-electron chi connectivity index (χ2n) is 6.28. The van der Waals surface area contributed by atoms with Gasteiger partial charge < -0.3 is 20.9 Å². The smallest absolute Gasteiger partial charge is 0.242 e. The van der Waals surface area contributed by atoms with E-state index in [-0.39, 0.29) is 30.0 Å². The van der Waals surface area contributed by atoms with Crippen molar-refractivity contribution in [2.24, 2.45) is 0 Å². The number of amides is 2. The van der Waals surface area contributed by atoms with E-state index in [1.54, 1.807) is 19.2 Å². The minimum atomic E-state index is -0.761. The third-order valence-electron chi connectivity index (χ3n) is 4.03. The zero-order valence-corrected chi connectivity index (χ0v) is 16.5. The Labute approximate surface area is 170 Å². The highest BCUT2D eigenvalue weighted by molar-refractivity contribution is 6.31. The molecular formula is C18H19ClFN7O2. The van der Waals surface area contributed by atoms with Crippen LogP contribution < -0.4 is 16.0 Å². The van der Waals surface area contributed by atoms with Crippen LogP contribution in [0.15, 0.2) is 24.7 Å². The molecule has 0 bridgehead atoms. The van der Waals surface area contributed by atoms with Gasteiger partial charge in [-0.1, -0.05) is 11.6 Å². The summed E-state index contributed by atoms with van der Waals surface area (Å²) in [5.41, 5.74) is 1.20. The molecule has 0 saturated carbocycles. The molecule has 0 aromatic carbocycles. The Bertz CT molecular complexity index is 1060. The van der Waals surface area contributed by atoms with Gasteiger partial charge in [0.1, 0.15) is 11.7 Å². The Morgan fingerprint density at radius 1 is 1.24 bits per heavy atom. The third kappa shape index (κ3) is 4.96. The molecule has 3 aromatic heterocycles. The molecule has 11 heteroatoms. The van der Waals surface area contributed by atoms with Gasteiger partial charge in [-0.15, -0.1) is 0 Å². The largest absolute Gasteiger partial charge is 0.356 e. The van der Waals surface area contributed by atoms with Crippen LogP contribution in [0.3, 0.4) is 0 Å². The molecule has 0 aliphatic heterocycles. The molecule has 1 atom stereocenters. The van der Waals surface area contributed by atoms with E-state index in [0.717, 1.165) is 6.20 Å². The minimum absolute atomic E-state index is 0.108. The summed E-state index contributed by atoms with van der Waals surface area (Å²) in [5.74, 6) is -1.10. The summed E-state index contributed by atoms with van der Waals surface area (Å²) in [4.78, 5) is 38.4. The van der Waals surface area contributed by atoms with Gasteiger partial charge in [-0.2, -0.15) is 0 Å². The number of fused-ring (bicyclic) bond motifs is 1. The zero-order chi connectivity index (χ0) is 21.0. The topological polar surface area (TPSA) is 125 Å². The van der Waals surface area contributed by atoms with Crippen molar-refractivity contribution in [2.45, 2.75) is 19.9 Å². The SMILES string of the molecule is CC(=O)NCCNC(=O)[C@H](C)Nc1nc(-c2c[nH]c3ncc(Cl)cc23)ncc1F.